The van der Waals surface area contributed by atoms with Crippen molar-refractivity contribution in [3.05, 3.63) is 35.9 Å². The van der Waals surface area contributed by atoms with Crippen LogP contribution in [0.2, 0.25) is 0 Å². The normalized spacial score (nSPS) is 16.1. The van der Waals surface area contributed by atoms with Crippen molar-refractivity contribution in [2.45, 2.75) is 31.4 Å². The van der Waals surface area contributed by atoms with Crippen LogP contribution in [0.15, 0.2) is 30.3 Å². The van der Waals surface area contributed by atoms with Crippen LogP contribution < -0.4 is 0 Å². The molecule has 7 heteroatoms. The highest BCUT2D eigenvalue weighted by Gasteiger charge is 2.49. The Morgan fingerprint density at radius 2 is 2.00 bits per heavy atom. The summed E-state index contributed by atoms with van der Waals surface area (Å²) in [5.74, 6) is -0.178. The number of benzene rings is 1. The first-order valence-corrected chi connectivity index (χ1v) is 10.8. The third-order valence-electron chi connectivity index (χ3n) is 2.77. The van der Waals surface area contributed by atoms with Gasteiger partial charge in [-0.1, -0.05) is 44.2 Å². The molecule has 0 radical (unpaired) electrons. The van der Waals surface area contributed by atoms with Gasteiger partial charge in [-0.25, -0.2) is 0 Å². The SMILES string of the molecule is CCCO[S+](C(C#N)C(C)c1ccccc1)P(O)(O)=S. The molecule has 0 aliphatic rings. The summed E-state index contributed by atoms with van der Waals surface area (Å²) in [5, 5.41) is 8.75. The van der Waals surface area contributed by atoms with Crippen LogP contribution in [0, 0.1) is 11.3 Å². The molecule has 0 aromatic heterocycles. The second-order valence-electron chi connectivity index (χ2n) is 4.34. The van der Waals surface area contributed by atoms with Crippen molar-refractivity contribution in [3.8, 4) is 6.07 Å². The Morgan fingerprint density at radius 3 is 2.45 bits per heavy atom. The molecule has 3 unspecified atom stereocenters. The molecule has 0 saturated carbocycles. The lowest BCUT2D eigenvalue weighted by Crippen LogP contribution is -2.27. The predicted molar refractivity (Wildman–Crippen MR) is 86.6 cm³/mol. The zero-order valence-corrected chi connectivity index (χ0v) is 14.0. The lowest BCUT2D eigenvalue weighted by molar-refractivity contribution is 0.358. The second kappa shape index (κ2) is 8.14. The van der Waals surface area contributed by atoms with Crippen LogP contribution in [-0.4, -0.2) is 21.6 Å². The van der Waals surface area contributed by atoms with E-state index >= 15 is 0 Å². The second-order valence-corrected chi connectivity index (χ2v) is 11.4. The highest BCUT2D eigenvalue weighted by molar-refractivity contribution is 8.63. The van der Waals surface area contributed by atoms with Crippen LogP contribution in [0.5, 0.6) is 0 Å². The van der Waals surface area contributed by atoms with Crippen molar-refractivity contribution < 1.29 is 14.0 Å². The van der Waals surface area contributed by atoms with Gasteiger partial charge in [0.1, 0.15) is 12.7 Å². The molecule has 1 aromatic rings. The fourth-order valence-corrected chi connectivity index (χ4v) is 6.67. The van der Waals surface area contributed by atoms with Gasteiger partial charge >= 0.3 is 5.69 Å². The summed E-state index contributed by atoms with van der Waals surface area (Å²) in [6, 6.07) is 11.6. The summed E-state index contributed by atoms with van der Waals surface area (Å²) >= 11 is 4.79. The average molecular weight is 332 g/mol. The molecule has 0 aliphatic carbocycles. The third-order valence-corrected chi connectivity index (χ3v) is 8.32. The average Bonchev–Trinajstić information content (AvgIpc) is 2.42. The molecule has 1 aromatic carbocycles. The van der Waals surface area contributed by atoms with Gasteiger partial charge in [0.25, 0.3) is 0 Å². The molecule has 2 N–H and O–H groups in total. The minimum Gasteiger partial charge on any atom is -0.305 e. The summed E-state index contributed by atoms with van der Waals surface area (Å²) in [7, 11) is -1.33. The van der Waals surface area contributed by atoms with E-state index in [9.17, 15) is 15.0 Å². The number of nitrogens with zero attached hydrogens (tertiary/aromatic N) is 1. The lowest BCUT2D eigenvalue weighted by atomic mass is 9.98. The fraction of sp³-hybridized carbons (Fsp3) is 0.462. The Bertz CT molecular complexity index is 500. The Labute approximate surface area is 127 Å². The van der Waals surface area contributed by atoms with Crippen molar-refractivity contribution in [2.75, 3.05) is 6.61 Å². The molecule has 0 heterocycles. The van der Waals surface area contributed by atoms with Gasteiger partial charge in [0.05, 0.1) is 0 Å². The van der Waals surface area contributed by atoms with E-state index in [1.165, 1.54) is 0 Å². The van der Waals surface area contributed by atoms with Gasteiger partial charge in [-0.15, -0.1) is 0 Å². The third kappa shape index (κ3) is 4.85. The molecule has 3 atom stereocenters. The van der Waals surface area contributed by atoms with Crippen molar-refractivity contribution in [1.82, 2.24) is 0 Å². The zero-order chi connectivity index (χ0) is 15.2. The first-order valence-electron chi connectivity index (χ1n) is 6.29. The van der Waals surface area contributed by atoms with Crippen molar-refractivity contribution in [2.24, 2.45) is 0 Å². The molecule has 20 heavy (non-hydrogen) atoms. The van der Waals surface area contributed by atoms with E-state index in [0.29, 0.717) is 6.61 Å². The Balaban J connectivity index is 3.02. The standard InChI is InChI=1S/C13H18NO3PS2/c1-3-9-17-20(18(15,16)19)13(10-14)11(2)12-7-5-4-6-8-12/h4-8,11,13H,3,9H2,1-2H3,(H-,15,16,19)/p+1. The molecule has 1 rings (SSSR count). The van der Waals surface area contributed by atoms with Gasteiger partial charge in [-0.05, 0) is 12.0 Å². The van der Waals surface area contributed by atoms with Gasteiger partial charge in [0, 0.05) is 17.7 Å². The predicted octanol–water partition coefficient (Wildman–Crippen LogP) is 2.85. The number of hydrogen-bond acceptors (Lipinski definition) is 3. The van der Waals surface area contributed by atoms with E-state index in [1.807, 2.05) is 44.2 Å². The first-order chi connectivity index (χ1) is 9.41. The van der Waals surface area contributed by atoms with Crippen molar-refractivity contribution in [1.29, 1.82) is 5.26 Å². The summed E-state index contributed by atoms with van der Waals surface area (Å²) in [6.07, 6.45) is 0.733. The van der Waals surface area contributed by atoms with Gasteiger partial charge in [-0.3, -0.25) is 0 Å². The van der Waals surface area contributed by atoms with Gasteiger partial charge < -0.3 is 9.79 Å². The summed E-state index contributed by atoms with van der Waals surface area (Å²) in [4.78, 5) is 19.6. The van der Waals surface area contributed by atoms with Gasteiger partial charge in [-0.2, -0.15) is 9.44 Å². The number of rotatable bonds is 7. The maximum atomic E-state index is 9.82. The lowest BCUT2D eigenvalue weighted by Gasteiger charge is -2.19. The van der Waals surface area contributed by atoms with E-state index in [-0.39, 0.29) is 5.92 Å². The molecule has 4 nitrogen and oxygen atoms in total. The highest BCUT2D eigenvalue weighted by atomic mass is 33.0. The minimum atomic E-state index is -3.64. The van der Waals surface area contributed by atoms with E-state index in [4.69, 9.17) is 16.0 Å². The van der Waals surface area contributed by atoms with Crippen LogP contribution in [0.1, 0.15) is 31.7 Å². The van der Waals surface area contributed by atoms with E-state index in [1.54, 1.807) is 0 Å². The van der Waals surface area contributed by atoms with Crippen LogP contribution >= 0.6 is 5.69 Å². The highest BCUT2D eigenvalue weighted by Crippen LogP contribution is 2.51. The molecular weight excluding hydrogens is 313 g/mol. The fourth-order valence-electron chi connectivity index (χ4n) is 1.72. The first kappa shape index (κ1) is 17.6. The van der Waals surface area contributed by atoms with Crippen LogP contribution in [-0.2, 0) is 26.8 Å². The van der Waals surface area contributed by atoms with Crippen molar-refractivity contribution in [3.63, 3.8) is 0 Å². The van der Waals surface area contributed by atoms with E-state index < -0.39 is 21.7 Å². The molecular formula is C13H19NO3PS2+. The maximum absolute atomic E-state index is 9.82. The quantitative estimate of drug-likeness (QED) is 0.593. The Kier molecular flexibility index (Phi) is 7.18. The van der Waals surface area contributed by atoms with Gasteiger partial charge in [0.15, 0.2) is 0 Å². The van der Waals surface area contributed by atoms with Gasteiger partial charge in [0.2, 0.25) is 16.0 Å². The smallest absolute Gasteiger partial charge is 0.305 e. The topological polar surface area (TPSA) is 73.5 Å². The Hall–Kier alpha value is -0.410. The van der Waals surface area contributed by atoms with E-state index in [2.05, 4.69) is 6.07 Å². The summed E-state index contributed by atoms with van der Waals surface area (Å²) < 4.78 is 5.50. The van der Waals surface area contributed by atoms with E-state index in [0.717, 1.165) is 12.0 Å². The molecule has 0 amide bonds. The van der Waals surface area contributed by atoms with Crippen LogP contribution in [0.3, 0.4) is 0 Å². The molecule has 110 valence electrons. The monoisotopic (exact) mass is 332 g/mol. The minimum absolute atomic E-state index is 0.178. The molecule has 0 spiro atoms. The summed E-state index contributed by atoms with van der Waals surface area (Å²) in [6.45, 7) is 4.16. The largest absolute Gasteiger partial charge is 0.429 e. The molecule has 0 bridgehead atoms. The Morgan fingerprint density at radius 1 is 1.40 bits per heavy atom. The molecule has 0 fully saturated rings. The molecule has 0 aliphatic heterocycles. The maximum Gasteiger partial charge on any atom is 0.429 e. The number of hydrogen-bond donors (Lipinski definition) is 2. The van der Waals surface area contributed by atoms with Crippen LogP contribution in [0.4, 0.5) is 0 Å². The number of nitriles is 1. The summed E-state index contributed by atoms with van der Waals surface area (Å²) in [5.41, 5.74) is -2.68. The zero-order valence-electron chi connectivity index (χ0n) is 11.5. The van der Waals surface area contributed by atoms with Crippen molar-refractivity contribution >= 4 is 28.3 Å². The molecule has 0 saturated heterocycles. The van der Waals surface area contributed by atoms with Crippen LogP contribution in [0.25, 0.3) is 0 Å².